The summed E-state index contributed by atoms with van der Waals surface area (Å²) in [7, 11) is 0. The number of halogens is 2. The summed E-state index contributed by atoms with van der Waals surface area (Å²) in [5, 5.41) is 7.20. The number of nitrogens with zero attached hydrogens (tertiary/aromatic N) is 2. The lowest BCUT2D eigenvalue weighted by Crippen LogP contribution is -2.28. The third-order valence-electron chi connectivity index (χ3n) is 3.29. The molecule has 1 unspecified atom stereocenters. The normalized spacial score (nSPS) is 18.0. The van der Waals surface area contributed by atoms with E-state index >= 15 is 0 Å². The Morgan fingerprint density at radius 1 is 1.43 bits per heavy atom. The van der Waals surface area contributed by atoms with Crippen LogP contribution in [0.15, 0.2) is 28.8 Å². The zero-order chi connectivity index (χ0) is 13.8. The first kappa shape index (κ1) is 15.7. The summed E-state index contributed by atoms with van der Waals surface area (Å²) in [6.45, 7) is 2.08. The number of aromatic nitrogens is 2. The van der Waals surface area contributed by atoms with E-state index < -0.39 is 0 Å². The Kier molecular flexibility index (Phi) is 5.52. The summed E-state index contributed by atoms with van der Waals surface area (Å²) >= 11 is 0. The maximum absolute atomic E-state index is 13.0. The van der Waals surface area contributed by atoms with Gasteiger partial charge in [-0.05, 0) is 31.5 Å². The van der Waals surface area contributed by atoms with Gasteiger partial charge in [-0.1, -0.05) is 11.2 Å². The molecule has 1 aromatic heterocycles. The van der Waals surface area contributed by atoms with Gasteiger partial charge in [0.15, 0.2) is 6.61 Å². The van der Waals surface area contributed by atoms with Crippen LogP contribution in [0.2, 0.25) is 0 Å². The molecular formula is C14H17ClFN3O2. The van der Waals surface area contributed by atoms with Gasteiger partial charge in [0, 0.05) is 12.6 Å². The van der Waals surface area contributed by atoms with Gasteiger partial charge in [-0.3, -0.25) is 0 Å². The summed E-state index contributed by atoms with van der Waals surface area (Å²) in [4.78, 5) is 4.33. The van der Waals surface area contributed by atoms with Crippen molar-refractivity contribution in [2.24, 2.45) is 0 Å². The summed E-state index contributed by atoms with van der Waals surface area (Å²) in [5.41, 5.74) is 0. The van der Waals surface area contributed by atoms with Crippen molar-refractivity contribution in [3.05, 3.63) is 41.8 Å². The van der Waals surface area contributed by atoms with Gasteiger partial charge in [0.1, 0.15) is 11.6 Å². The molecule has 1 aliphatic heterocycles. The topological polar surface area (TPSA) is 60.2 Å². The van der Waals surface area contributed by atoms with Crippen LogP contribution in [-0.2, 0) is 6.61 Å². The van der Waals surface area contributed by atoms with Crippen molar-refractivity contribution < 1.29 is 13.7 Å². The molecule has 0 amide bonds. The van der Waals surface area contributed by atoms with Crippen LogP contribution in [0.3, 0.4) is 0 Å². The third-order valence-corrected chi connectivity index (χ3v) is 3.29. The van der Waals surface area contributed by atoms with Gasteiger partial charge in [-0.2, -0.15) is 4.98 Å². The Morgan fingerprint density at radius 2 is 2.33 bits per heavy atom. The number of piperidine rings is 1. The predicted molar refractivity (Wildman–Crippen MR) is 77.1 cm³/mol. The number of hydrogen-bond donors (Lipinski definition) is 1. The highest BCUT2D eigenvalue weighted by molar-refractivity contribution is 5.85. The van der Waals surface area contributed by atoms with Crippen molar-refractivity contribution in [3.8, 4) is 5.75 Å². The van der Waals surface area contributed by atoms with Gasteiger partial charge in [0.2, 0.25) is 11.7 Å². The van der Waals surface area contributed by atoms with Crippen LogP contribution in [0.4, 0.5) is 4.39 Å². The molecule has 2 heterocycles. The molecule has 0 bridgehead atoms. The minimum absolute atomic E-state index is 0. The Bertz CT molecular complexity index is 573. The molecule has 0 aliphatic carbocycles. The van der Waals surface area contributed by atoms with Gasteiger partial charge in [-0.15, -0.1) is 12.4 Å². The van der Waals surface area contributed by atoms with Crippen LogP contribution in [-0.4, -0.2) is 23.2 Å². The number of hydrogen-bond acceptors (Lipinski definition) is 5. The van der Waals surface area contributed by atoms with E-state index in [1.807, 2.05) is 0 Å². The molecule has 114 valence electrons. The lowest BCUT2D eigenvalue weighted by atomic mass is 10.00. The Morgan fingerprint density at radius 3 is 3.10 bits per heavy atom. The highest BCUT2D eigenvalue weighted by atomic mass is 35.5. The Hall–Kier alpha value is -1.66. The average Bonchev–Trinajstić information content (AvgIpc) is 2.95. The zero-order valence-corrected chi connectivity index (χ0v) is 12.2. The fraction of sp³-hybridized carbons (Fsp3) is 0.429. The van der Waals surface area contributed by atoms with Gasteiger partial charge in [0.25, 0.3) is 0 Å². The first-order valence-electron chi connectivity index (χ1n) is 6.73. The number of rotatable bonds is 4. The van der Waals surface area contributed by atoms with Crippen LogP contribution in [0, 0.1) is 5.82 Å². The van der Waals surface area contributed by atoms with Gasteiger partial charge in [0.05, 0.1) is 5.92 Å². The van der Waals surface area contributed by atoms with Crippen molar-refractivity contribution >= 4 is 12.4 Å². The third kappa shape index (κ3) is 4.15. The highest BCUT2D eigenvalue weighted by Gasteiger charge is 2.21. The molecule has 5 nitrogen and oxygen atoms in total. The first-order chi connectivity index (χ1) is 9.81. The minimum Gasteiger partial charge on any atom is -0.485 e. The number of ether oxygens (including phenoxy) is 1. The fourth-order valence-electron chi connectivity index (χ4n) is 2.26. The monoisotopic (exact) mass is 313 g/mol. The molecular weight excluding hydrogens is 297 g/mol. The maximum atomic E-state index is 13.0. The van der Waals surface area contributed by atoms with Crippen molar-refractivity contribution in [2.75, 3.05) is 13.1 Å². The maximum Gasteiger partial charge on any atom is 0.231 e. The van der Waals surface area contributed by atoms with Crippen molar-refractivity contribution in [2.45, 2.75) is 25.4 Å². The molecule has 1 atom stereocenters. The molecule has 1 fully saturated rings. The number of nitrogens with one attached hydrogen (secondary N) is 1. The van der Waals surface area contributed by atoms with E-state index in [0.29, 0.717) is 17.5 Å². The predicted octanol–water partition coefficient (Wildman–Crippen LogP) is 2.68. The highest BCUT2D eigenvalue weighted by Crippen LogP contribution is 2.21. The molecule has 2 aromatic rings. The SMILES string of the molecule is Cl.Fc1cccc(OCc2noc(C3CCCNC3)n2)c1. The smallest absolute Gasteiger partial charge is 0.231 e. The molecule has 1 aliphatic rings. The first-order valence-corrected chi connectivity index (χ1v) is 6.73. The zero-order valence-electron chi connectivity index (χ0n) is 11.4. The van der Waals surface area contributed by atoms with Crippen LogP contribution >= 0.6 is 12.4 Å². The van der Waals surface area contributed by atoms with E-state index in [0.717, 1.165) is 25.9 Å². The molecule has 7 heteroatoms. The van der Waals surface area contributed by atoms with Crippen LogP contribution < -0.4 is 10.1 Å². The second-order valence-corrected chi connectivity index (χ2v) is 4.84. The second kappa shape index (κ2) is 7.38. The molecule has 21 heavy (non-hydrogen) atoms. The van der Waals surface area contributed by atoms with Crippen molar-refractivity contribution in [1.29, 1.82) is 0 Å². The van der Waals surface area contributed by atoms with Crippen LogP contribution in [0.25, 0.3) is 0 Å². The summed E-state index contributed by atoms with van der Waals surface area (Å²) in [6.07, 6.45) is 2.17. The second-order valence-electron chi connectivity index (χ2n) is 4.84. The van der Waals surface area contributed by atoms with Crippen LogP contribution in [0.5, 0.6) is 5.75 Å². The Balaban J connectivity index is 0.00000161. The molecule has 0 spiro atoms. The lowest BCUT2D eigenvalue weighted by Gasteiger charge is -2.18. The summed E-state index contributed by atoms with van der Waals surface area (Å²) in [5.74, 6) is 1.53. The minimum atomic E-state index is -0.329. The summed E-state index contributed by atoms with van der Waals surface area (Å²) in [6, 6.07) is 5.98. The van der Waals surface area contributed by atoms with E-state index in [2.05, 4.69) is 15.5 Å². The average molecular weight is 314 g/mol. The van der Waals surface area contributed by atoms with Gasteiger partial charge >= 0.3 is 0 Å². The molecule has 1 N–H and O–H groups in total. The van der Waals surface area contributed by atoms with E-state index in [1.54, 1.807) is 12.1 Å². The van der Waals surface area contributed by atoms with E-state index in [9.17, 15) is 4.39 Å². The molecule has 1 aromatic carbocycles. The van der Waals surface area contributed by atoms with E-state index in [-0.39, 0.29) is 30.7 Å². The fourth-order valence-corrected chi connectivity index (χ4v) is 2.26. The molecule has 0 radical (unpaired) electrons. The van der Waals surface area contributed by atoms with Crippen molar-refractivity contribution in [1.82, 2.24) is 15.5 Å². The lowest BCUT2D eigenvalue weighted by molar-refractivity contribution is 0.280. The van der Waals surface area contributed by atoms with E-state index in [1.165, 1.54) is 12.1 Å². The molecule has 1 saturated heterocycles. The Labute approximate surface area is 128 Å². The molecule has 0 saturated carbocycles. The number of benzene rings is 1. The summed E-state index contributed by atoms with van der Waals surface area (Å²) < 4.78 is 23.7. The largest absolute Gasteiger partial charge is 0.485 e. The van der Waals surface area contributed by atoms with Crippen LogP contribution in [0.1, 0.15) is 30.5 Å². The standard InChI is InChI=1S/C14H16FN3O2.ClH/c15-11-4-1-5-12(7-11)19-9-13-17-14(20-18-13)10-3-2-6-16-8-10;/h1,4-5,7,10,16H,2-3,6,8-9H2;1H. The molecule has 3 rings (SSSR count). The quantitative estimate of drug-likeness (QED) is 0.940. The van der Waals surface area contributed by atoms with Crippen molar-refractivity contribution in [3.63, 3.8) is 0 Å². The van der Waals surface area contributed by atoms with E-state index in [4.69, 9.17) is 9.26 Å². The van der Waals surface area contributed by atoms with Gasteiger partial charge < -0.3 is 14.6 Å². The van der Waals surface area contributed by atoms with Gasteiger partial charge in [-0.25, -0.2) is 4.39 Å².